The number of rotatable bonds is 8. The molecule has 1 unspecified atom stereocenters. The molecule has 2 amide bonds. The highest BCUT2D eigenvalue weighted by atomic mass is 19.1. The molecular formula is C27H27FN2O3. The molecule has 1 aliphatic rings. The van der Waals surface area contributed by atoms with Crippen molar-refractivity contribution in [2.45, 2.75) is 31.9 Å². The first-order valence-electron chi connectivity index (χ1n) is 11.2. The number of benzene rings is 3. The average Bonchev–Trinajstić information content (AvgIpc) is 3.36. The Kier molecular flexibility index (Phi) is 7.47. The van der Waals surface area contributed by atoms with Gasteiger partial charge in [-0.3, -0.25) is 9.59 Å². The minimum atomic E-state index is -0.344. The summed E-state index contributed by atoms with van der Waals surface area (Å²) in [4.78, 5) is 27.2. The molecule has 1 N–H and O–H groups in total. The maximum absolute atomic E-state index is 13.7. The SMILES string of the molecule is O=C(Cc1ccc(N(Cc2cccc(F)c2)C(=O)c2ccccc2)cc1)NCC1CCCO1. The summed E-state index contributed by atoms with van der Waals surface area (Å²) < 4.78 is 19.3. The molecule has 1 atom stereocenters. The lowest BCUT2D eigenvalue weighted by atomic mass is 10.1. The van der Waals surface area contributed by atoms with Gasteiger partial charge in [-0.2, -0.15) is 0 Å². The number of hydrogen-bond donors (Lipinski definition) is 1. The van der Waals surface area contributed by atoms with Crippen molar-refractivity contribution in [3.63, 3.8) is 0 Å². The van der Waals surface area contributed by atoms with Crippen LogP contribution in [0.2, 0.25) is 0 Å². The Labute approximate surface area is 193 Å². The first kappa shape index (κ1) is 22.7. The van der Waals surface area contributed by atoms with Gasteiger partial charge in [0.1, 0.15) is 5.82 Å². The molecule has 0 aliphatic carbocycles. The van der Waals surface area contributed by atoms with Crippen LogP contribution in [-0.4, -0.2) is 31.1 Å². The van der Waals surface area contributed by atoms with E-state index >= 15 is 0 Å². The highest BCUT2D eigenvalue weighted by molar-refractivity contribution is 6.06. The fourth-order valence-electron chi connectivity index (χ4n) is 3.91. The molecule has 4 rings (SSSR count). The highest BCUT2D eigenvalue weighted by Crippen LogP contribution is 2.22. The summed E-state index contributed by atoms with van der Waals surface area (Å²) in [5, 5.41) is 2.92. The number of nitrogens with zero attached hydrogens (tertiary/aromatic N) is 1. The Balaban J connectivity index is 1.47. The van der Waals surface area contributed by atoms with Crippen LogP contribution in [-0.2, 0) is 22.5 Å². The van der Waals surface area contributed by atoms with Crippen molar-refractivity contribution in [3.8, 4) is 0 Å². The lowest BCUT2D eigenvalue weighted by molar-refractivity contribution is -0.120. The average molecular weight is 447 g/mol. The zero-order valence-electron chi connectivity index (χ0n) is 18.4. The van der Waals surface area contributed by atoms with Crippen LogP contribution in [0.3, 0.4) is 0 Å². The number of anilines is 1. The Morgan fingerprint density at radius 3 is 2.45 bits per heavy atom. The van der Waals surface area contributed by atoms with Gasteiger partial charge in [0.2, 0.25) is 5.91 Å². The number of halogens is 1. The molecule has 5 nitrogen and oxygen atoms in total. The summed E-state index contributed by atoms with van der Waals surface area (Å²) in [6, 6.07) is 22.6. The Morgan fingerprint density at radius 2 is 1.76 bits per heavy atom. The second kappa shape index (κ2) is 10.9. The number of carbonyl (C=O) groups excluding carboxylic acids is 2. The van der Waals surface area contributed by atoms with Gasteiger partial charge in [0, 0.05) is 24.4 Å². The molecule has 170 valence electrons. The van der Waals surface area contributed by atoms with Crippen LogP contribution >= 0.6 is 0 Å². The van der Waals surface area contributed by atoms with E-state index in [9.17, 15) is 14.0 Å². The third-order valence-electron chi connectivity index (χ3n) is 5.66. The number of hydrogen-bond acceptors (Lipinski definition) is 3. The van der Waals surface area contributed by atoms with E-state index in [2.05, 4.69) is 5.32 Å². The number of nitrogens with one attached hydrogen (secondary N) is 1. The minimum Gasteiger partial charge on any atom is -0.376 e. The third kappa shape index (κ3) is 6.26. The van der Waals surface area contributed by atoms with Crippen molar-refractivity contribution in [3.05, 3.63) is 101 Å². The van der Waals surface area contributed by atoms with Gasteiger partial charge in [-0.05, 0) is 60.4 Å². The number of carbonyl (C=O) groups is 2. The lowest BCUT2D eigenvalue weighted by Gasteiger charge is -2.23. The standard InChI is InChI=1S/C27H27FN2O3/c28-23-9-4-6-21(16-23)19-30(27(32)22-7-2-1-3-8-22)24-13-11-20(12-14-24)17-26(31)29-18-25-10-5-15-33-25/h1-4,6-9,11-14,16,25H,5,10,15,17-19H2,(H,29,31). The van der Waals surface area contributed by atoms with Crippen LogP contribution in [0.1, 0.15) is 34.3 Å². The molecule has 6 heteroatoms. The van der Waals surface area contributed by atoms with Gasteiger partial charge in [0.15, 0.2) is 0 Å². The molecule has 1 aliphatic heterocycles. The Morgan fingerprint density at radius 1 is 0.970 bits per heavy atom. The maximum Gasteiger partial charge on any atom is 0.258 e. The van der Waals surface area contributed by atoms with Crippen LogP contribution in [0.5, 0.6) is 0 Å². The number of amides is 2. The van der Waals surface area contributed by atoms with E-state index in [4.69, 9.17) is 4.74 Å². The summed E-state index contributed by atoms with van der Waals surface area (Å²) >= 11 is 0. The van der Waals surface area contributed by atoms with Gasteiger partial charge in [-0.1, -0.05) is 42.5 Å². The molecule has 0 aromatic heterocycles. The highest BCUT2D eigenvalue weighted by Gasteiger charge is 2.19. The van der Waals surface area contributed by atoms with Crippen LogP contribution in [0.25, 0.3) is 0 Å². The molecule has 3 aromatic carbocycles. The summed E-state index contributed by atoms with van der Waals surface area (Å²) in [6.07, 6.45) is 2.38. The topological polar surface area (TPSA) is 58.6 Å². The predicted molar refractivity (Wildman–Crippen MR) is 125 cm³/mol. The second-order valence-electron chi connectivity index (χ2n) is 8.17. The fraction of sp³-hybridized carbons (Fsp3) is 0.259. The van der Waals surface area contributed by atoms with E-state index < -0.39 is 0 Å². The van der Waals surface area contributed by atoms with Crippen molar-refractivity contribution < 1.29 is 18.7 Å². The molecule has 1 heterocycles. The quantitative estimate of drug-likeness (QED) is 0.554. The molecule has 1 fully saturated rings. The van der Waals surface area contributed by atoms with Crippen molar-refractivity contribution in [1.29, 1.82) is 0 Å². The molecule has 33 heavy (non-hydrogen) atoms. The van der Waals surface area contributed by atoms with E-state index in [1.807, 2.05) is 42.5 Å². The van der Waals surface area contributed by atoms with E-state index in [0.29, 0.717) is 23.4 Å². The van der Waals surface area contributed by atoms with Gasteiger partial charge in [0.25, 0.3) is 5.91 Å². The van der Waals surface area contributed by atoms with E-state index in [0.717, 1.165) is 25.0 Å². The maximum atomic E-state index is 13.7. The first-order valence-corrected chi connectivity index (χ1v) is 11.2. The molecule has 3 aromatic rings. The van der Waals surface area contributed by atoms with Crippen LogP contribution < -0.4 is 10.2 Å². The predicted octanol–water partition coefficient (Wildman–Crippen LogP) is 4.51. The summed E-state index contributed by atoms with van der Waals surface area (Å²) in [6.45, 7) is 1.52. The van der Waals surface area contributed by atoms with Gasteiger partial charge < -0.3 is 15.0 Å². The normalized spacial score (nSPS) is 15.2. The first-order chi connectivity index (χ1) is 16.1. The Hall–Kier alpha value is -3.51. The fourth-order valence-corrected chi connectivity index (χ4v) is 3.91. The third-order valence-corrected chi connectivity index (χ3v) is 5.66. The lowest BCUT2D eigenvalue weighted by Crippen LogP contribution is -2.32. The van der Waals surface area contributed by atoms with Crippen molar-refractivity contribution in [1.82, 2.24) is 5.32 Å². The van der Waals surface area contributed by atoms with E-state index in [1.165, 1.54) is 12.1 Å². The largest absolute Gasteiger partial charge is 0.376 e. The van der Waals surface area contributed by atoms with Crippen molar-refractivity contribution in [2.24, 2.45) is 0 Å². The molecule has 0 saturated carbocycles. The summed E-state index contributed by atoms with van der Waals surface area (Å²) in [5.74, 6) is -0.582. The van der Waals surface area contributed by atoms with Gasteiger partial charge >= 0.3 is 0 Å². The molecule has 0 spiro atoms. The van der Waals surface area contributed by atoms with E-state index in [1.54, 1.807) is 29.2 Å². The minimum absolute atomic E-state index is 0.0600. The number of ether oxygens (including phenoxy) is 1. The molecule has 0 bridgehead atoms. The van der Waals surface area contributed by atoms with Crippen molar-refractivity contribution >= 4 is 17.5 Å². The van der Waals surface area contributed by atoms with Gasteiger partial charge in [0.05, 0.1) is 19.1 Å². The monoisotopic (exact) mass is 446 g/mol. The van der Waals surface area contributed by atoms with Gasteiger partial charge in [-0.25, -0.2) is 4.39 Å². The zero-order valence-corrected chi connectivity index (χ0v) is 18.4. The van der Waals surface area contributed by atoms with Crippen LogP contribution in [0, 0.1) is 5.82 Å². The second-order valence-corrected chi connectivity index (χ2v) is 8.17. The van der Waals surface area contributed by atoms with Gasteiger partial charge in [-0.15, -0.1) is 0 Å². The zero-order chi connectivity index (χ0) is 23.0. The van der Waals surface area contributed by atoms with Crippen molar-refractivity contribution in [2.75, 3.05) is 18.1 Å². The molecule has 1 saturated heterocycles. The smallest absolute Gasteiger partial charge is 0.258 e. The summed E-state index contributed by atoms with van der Waals surface area (Å²) in [7, 11) is 0. The van der Waals surface area contributed by atoms with Crippen LogP contribution in [0.4, 0.5) is 10.1 Å². The van der Waals surface area contributed by atoms with E-state index in [-0.39, 0.29) is 36.7 Å². The molecule has 0 radical (unpaired) electrons. The Bertz CT molecular complexity index is 1080. The molecular weight excluding hydrogens is 419 g/mol. The van der Waals surface area contributed by atoms with Crippen LogP contribution in [0.15, 0.2) is 78.9 Å². The summed E-state index contributed by atoms with van der Waals surface area (Å²) in [5.41, 5.74) is 2.77.